The molecule has 2 aromatic heterocycles. The molecule has 2 heterocycles. The van der Waals surface area contributed by atoms with Crippen molar-refractivity contribution in [3.63, 3.8) is 0 Å². The maximum atomic E-state index is 13.3. The van der Waals surface area contributed by atoms with Crippen molar-refractivity contribution >= 4 is 23.1 Å². The van der Waals surface area contributed by atoms with E-state index in [0.29, 0.717) is 35.6 Å². The van der Waals surface area contributed by atoms with Crippen LogP contribution >= 0.6 is 0 Å². The van der Waals surface area contributed by atoms with E-state index in [1.54, 1.807) is 18.2 Å². The molecule has 7 heteroatoms. The molecule has 0 spiro atoms. The zero-order valence-electron chi connectivity index (χ0n) is 21.3. The first-order chi connectivity index (χ1) is 18.5. The van der Waals surface area contributed by atoms with Gasteiger partial charge in [0.2, 0.25) is 0 Å². The third kappa shape index (κ3) is 4.85. The molecule has 5 rings (SSSR count). The SMILES string of the molecule is Cc1cccc(C)c1Nc1c(-c2ccc(C#N)cc2)nc2c(C(=O)NCc3cccc(CN)c3)cccn12. The van der Waals surface area contributed by atoms with Crippen molar-refractivity contribution in [2.24, 2.45) is 5.73 Å². The van der Waals surface area contributed by atoms with Crippen LogP contribution in [0.25, 0.3) is 16.9 Å². The standard InChI is InChI=1S/C31H28N6O/c1-20-6-3-7-21(2)27(20)35-30-28(25-13-11-22(17-32)12-14-25)36-29-26(10-5-15-37(29)30)31(38)34-19-24-9-4-8-23(16-24)18-33/h3-16,35H,18-19,33H2,1-2H3,(H,34,38). The maximum Gasteiger partial charge on any atom is 0.255 e. The summed E-state index contributed by atoms with van der Waals surface area (Å²) in [5.41, 5.74) is 14.0. The lowest BCUT2D eigenvalue weighted by molar-refractivity contribution is 0.0952. The number of benzene rings is 3. The van der Waals surface area contributed by atoms with Gasteiger partial charge in [-0.2, -0.15) is 5.26 Å². The number of hydrogen-bond donors (Lipinski definition) is 3. The number of nitrogens with two attached hydrogens (primary N) is 1. The fourth-order valence-electron chi connectivity index (χ4n) is 4.54. The molecular formula is C31H28N6O. The van der Waals surface area contributed by atoms with Crippen molar-refractivity contribution in [3.05, 3.63) is 118 Å². The Kier molecular flexibility index (Phi) is 6.90. The molecule has 0 unspecified atom stereocenters. The smallest absolute Gasteiger partial charge is 0.255 e. The Morgan fingerprint density at radius 1 is 0.974 bits per heavy atom. The van der Waals surface area contributed by atoms with Crippen LogP contribution in [0.1, 0.15) is 38.2 Å². The van der Waals surface area contributed by atoms with E-state index in [1.807, 2.05) is 59.1 Å². The van der Waals surface area contributed by atoms with Gasteiger partial charge in [-0.05, 0) is 60.4 Å². The van der Waals surface area contributed by atoms with Crippen LogP contribution in [0.5, 0.6) is 0 Å². The summed E-state index contributed by atoms with van der Waals surface area (Å²) in [6.45, 7) is 4.94. The summed E-state index contributed by atoms with van der Waals surface area (Å²) < 4.78 is 1.91. The molecule has 0 atom stereocenters. The van der Waals surface area contributed by atoms with Crippen LogP contribution in [0, 0.1) is 25.2 Å². The number of imidazole rings is 1. The molecule has 4 N–H and O–H groups in total. The van der Waals surface area contributed by atoms with Gasteiger partial charge in [0.1, 0.15) is 11.5 Å². The van der Waals surface area contributed by atoms with Crippen LogP contribution in [0.4, 0.5) is 11.5 Å². The summed E-state index contributed by atoms with van der Waals surface area (Å²) in [7, 11) is 0. The van der Waals surface area contributed by atoms with Gasteiger partial charge >= 0.3 is 0 Å². The molecular weight excluding hydrogens is 472 g/mol. The number of anilines is 2. The van der Waals surface area contributed by atoms with E-state index < -0.39 is 0 Å². The Morgan fingerprint density at radius 3 is 2.39 bits per heavy atom. The molecule has 0 saturated heterocycles. The van der Waals surface area contributed by atoms with Crippen molar-refractivity contribution in [1.82, 2.24) is 14.7 Å². The number of hydrogen-bond acceptors (Lipinski definition) is 5. The van der Waals surface area contributed by atoms with E-state index in [9.17, 15) is 10.1 Å². The number of nitrogens with zero attached hydrogens (tertiary/aromatic N) is 3. The number of carbonyl (C=O) groups is 1. The normalized spacial score (nSPS) is 10.8. The molecule has 0 aliphatic rings. The molecule has 5 aromatic rings. The third-order valence-electron chi connectivity index (χ3n) is 6.59. The van der Waals surface area contributed by atoms with Gasteiger partial charge < -0.3 is 16.4 Å². The minimum Gasteiger partial charge on any atom is -0.348 e. The summed E-state index contributed by atoms with van der Waals surface area (Å²) in [6.07, 6.45) is 1.90. The Labute approximate surface area is 221 Å². The molecule has 0 aliphatic heterocycles. The van der Waals surface area contributed by atoms with Crippen LogP contribution in [0.2, 0.25) is 0 Å². The van der Waals surface area contributed by atoms with Gasteiger partial charge in [-0.25, -0.2) is 4.98 Å². The highest BCUT2D eigenvalue weighted by molar-refractivity contribution is 6.01. The van der Waals surface area contributed by atoms with Gasteiger partial charge in [0.25, 0.3) is 5.91 Å². The quantitative estimate of drug-likeness (QED) is 0.269. The second-order valence-corrected chi connectivity index (χ2v) is 9.21. The second-order valence-electron chi connectivity index (χ2n) is 9.21. The van der Waals surface area contributed by atoms with Crippen molar-refractivity contribution in [2.45, 2.75) is 26.9 Å². The van der Waals surface area contributed by atoms with E-state index in [-0.39, 0.29) is 5.91 Å². The number of para-hydroxylation sites is 1. The summed E-state index contributed by atoms with van der Waals surface area (Å²) >= 11 is 0. The fourth-order valence-corrected chi connectivity index (χ4v) is 4.54. The molecule has 188 valence electrons. The van der Waals surface area contributed by atoms with Gasteiger partial charge in [-0.3, -0.25) is 9.20 Å². The van der Waals surface area contributed by atoms with Gasteiger partial charge in [0, 0.05) is 30.5 Å². The zero-order chi connectivity index (χ0) is 26.6. The molecule has 38 heavy (non-hydrogen) atoms. The first-order valence-corrected chi connectivity index (χ1v) is 12.4. The van der Waals surface area contributed by atoms with Crippen LogP contribution < -0.4 is 16.4 Å². The largest absolute Gasteiger partial charge is 0.348 e. The molecule has 0 bridgehead atoms. The van der Waals surface area contributed by atoms with Crippen molar-refractivity contribution in [2.75, 3.05) is 5.32 Å². The minimum atomic E-state index is -0.219. The maximum absolute atomic E-state index is 13.3. The number of nitrogens with one attached hydrogen (secondary N) is 2. The molecule has 3 aromatic carbocycles. The van der Waals surface area contributed by atoms with E-state index in [0.717, 1.165) is 39.3 Å². The molecule has 7 nitrogen and oxygen atoms in total. The Hall–Kier alpha value is -4.93. The summed E-state index contributed by atoms with van der Waals surface area (Å²) in [4.78, 5) is 18.3. The topological polar surface area (TPSA) is 108 Å². The molecule has 0 radical (unpaired) electrons. The number of pyridine rings is 1. The number of fused-ring (bicyclic) bond motifs is 1. The first-order valence-electron chi connectivity index (χ1n) is 12.4. The lowest BCUT2D eigenvalue weighted by Gasteiger charge is -2.14. The number of nitriles is 1. The average molecular weight is 501 g/mol. The Morgan fingerprint density at radius 2 is 1.68 bits per heavy atom. The average Bonchev–Trinajstić information content (AvgIpc) is 3.32. The first kappa shape index (κ1) is 24.8. The van der Waals surface area contributed by atoms with Crippen molar-refractivity contribution in [1.29, 1.82) is 5.26 Å². The van der Waals surface area contributed by atoms with E-state index in [4.69, 9.17) is 10.7 Å². The van der Waals surface area contributed by atoms with E-state index >= 15 is 0 Å². The van der Waals surface area contributed by atoms with Crippen LogP contribution in [0.15, 0.2) is 85.1 Å². The number of amides is 1. The monoisotopic (exact) mass is 500 g/mol. The van der Waals surface area contributed by atoms with Crippen molar-refractivity contribution in [3.8, 4) is 17.3 Å². The number of aromatic nitrogens is 2. The van der Waals surface area contributed by atoms with Gasteiger partial charge in [-0.1, -0.05) is 54.6 Å². The highest BCUT2D eigenvalue weighted by atomic mass is 16.1. The Bertz CT molecular complexity index is 1660. The lowest BCUT2D eigenvalue weighted by Crippen LogP contribution is -2.23. The van der Waals surface area contributed by atoms with Gasteiger partial charge in [0.15, 0.2) is 5.65 Å². The predicted molar refractivity (Wildman–Crippen MR) is 150 cm³/mol. The lowest BCUT2D eigenvalue weighted by atomic mass is 10.1. The van der Waals surface area contributed by atoms with E-state index in [2.05, 4.69) is 42.7 Å². The molecule has 0 saturated carbocycles. The van der Waals surface area contributed by atoms with Gasteiger partial charge in [-0.15, -0.1) is 0 Å². The van der Waals surface area contributed by atoms with Gasteiger partial charge in [0.05, 0.1) is 17.2 Å². The van der Waals surface area contributed by atoms with Crippen LogP contribution in [0.3, 0.4) is 0 Å². The minimum absolute atomic E-state index is 0.219. The fraction of sp³-hybridized carbons (Fsp3) is 0.129. The third-order valence-corrected chi connectivity index (χ3v) is 6.59. The number of aryl methyl sites for hydroxylation is 2. The summed E-state index contributed by atoms with van der Waals surface area (Å²) in [5, 5.41) is 15.9. The second kappa shape index (κ2) is 10.6. The number of carbonyl (C=O) groups excluding carboxylic acids is 1. The zero-order valence-corrected chi connectivity index (χ0v) is 21.3. The summed E-state index contributed by atoms with van der Waals surface area (Å²) in [5.74, 6) is 0.524. The van der Waals surface area contributed by atoms with Crippen LogP contribution in [-0.4, -0.2) is 15.3 Å². The molecule has 0 aliphatic carbocycles. The van der Waals surface area contributed by atoms with Crippen molar-refractivity contribution < 1.29 is 4.79 Å². The Balaban J connectivity index is 1.58. The summed E-state index contributed by atoms with van der Waals surface area (Å²) in [6, 6.07) is 27.1. The van der Waals surface area contributed by atoms with Crippen LogP contribution in [-0.2, 0) is 13.1 Å². The molecule has 0 fully saturated rings. The van der Waals surface area contributed by atoms with E-state index in [1.165, 1.54) is 0 Å². The number of rotatable bonds is 7. The predicted octanol–water partition coefficient (Wildman–Crippen LogP) is 5.62. The highest BCUT2D eigenvalue weighted by Crippen LogP contribution is 2.34. The highest BCUT2D eigenvalue weighted by Gasteiger charge is 2.20. The molecule has 1 amide bonds.